The Morgan fingerprint density at radius 3 is 2.73 bits per heavy atom. The third-order valence-electron chi connectivity index (χ3n) is 1.19. The summed E-state index contributed by atoms with van der Waals surface area (Å²) >= 11 is 1.93. The summed E-state index contributed by atoms with van der Waals surface area (Å²) in [5, 5.41) is 0. The van der Waals surface area contributed by atoms with Gasteiger partial charge in [-0.1, -0.05) is 37.8 Å². The summed E-state index contributed by atoms with van der Waals surface area (Å²) in [6.07, 6.45) is 8.09. The lowest BCUT2D eigenvalue weighted by Gasteiger charge is -1.97. The third kappa shape index (κ3) is 5.99. The molecule has 1 heteroatoms. The molecule has 0 saturated heterocycles. The number of rotatable bonds is 5. The van der Waals surface area contributed by atoms with Crippen molar-refractivity contribution in [2.75, 3.05) is 11.5 Å². The Balaban J connectivity index is 3.89. The summed E-state index contributed by atoms with van der Waals surface area (Å²) in [6.45, 7) is 7.88. The fraction of sp³-hybridized carbons (Fsp3) is 0.400. The zero-order valence-electron chi connectivity index (χ0n) is 7.34. The van der Waals surface area contributed by atoms with Crippen LogP contribution in [0.15, 0.2) is 36.5 Å². The molecule has 0 heterocycles. The number of hydrogen-bond acceptors (Lipinski definition) is 1. The fourth-order valence-corrected chi connectivity index (χ4v) is 1.37. The highest BCUT2D eigenvalue weighted by molar-refractivity contribution is 7.99. The lowest BCUT2D eigenvalue weighted by Crippen LogP contribution is -1.82. The van der Waals surface area contributed by atoms with Crippen LogP contribution in [-0.4, -0.2) is 11.5 Å². The Morgan fingerprint density at radius 2 is 2.27 bits per heavy atom. The molecule has 0 fully saturated rings. The zero-order chi connectivity index (χ0) is 8.53. The van der Waals surface area contributed by atoms with E-state index in [2.05, 4.69) is 31.7 Å². The Bertz CT molecular complexity index is 154. The minimum atomic E-state index is 1.09. The van der Waals surface area contributed by atoms with Gasteiger partial charge in [-0.25, -0.2) is 0 Å². The van der Waals surface area contributed by atoms with E-state index in [4.69, 9.17) is 0 Å². The Labute approximate surface area is 74.1 Å². The van der Waals surface area contributed by atoms with E-state index in [1.54, 1.807) is 0 Å². The smallest absolute Gasteiger partial charge is 0.0184 e. The minimum Gasteiger partial charge on any atom is -0.158 e. The van der Waals surface area contributed by atoms with Crippen molar-refractivity contribution >= 4 is 11.8 Å². The monoisotopic (exact) mass is 168 g/mol. The molecule has 0 atom stereocenters. The summed E-state index contributed by atoms with van der Waals surface area (Å²) in [4.78, 5) is 0. The standard InChI is InChI=1S/C10H16S/c1-4-7-10(8-5-2)9-11-6-3/h4-5,7-8H,1,6,9H2,2-3H3/b8-5-,10-7+. The van der Waals surface area contributed by atoms with Crippen LogP contribution in [0.1, 0.15) is 13.8 Å². The normalized spacial score (nSPS) is 12.4. The molecule has 11 heavy (non-hydrogen) atoms. The first-order valence-electron chi connectivity index (χ1n) is 3.87. The highest BCUT2D eigenvalue weighted by Crippen LogP contribution is 2.08. The zero-order valence-corrected chi connectivity index (χ0v) is 8.16. The van der Waals surface area contributed by atoms with Crippen molar-refractivity contribution in [3.63, 3.8) is 0 Å². The van der Waals surface area contributed by atoms with E-state index in [0.29, 0.717) is 0 Å². The van der Waals surface area contributed by atoms with Crippen molar-refractivity contribution in [3.05, 3.63) is 36.5 Å². The maximum absolute atomic E-state index is 3.67. The Morgan fingerprint density at radius 1 is 1.55 bits per heavy atom. The second-order valence-electron chi connectivity index (χ2n) is 2.11. The lowest BCUT2D eigenvalue weighted by molar-refractivity contribution is 1.47. The second-order valence-corrected chi connectivity index (χ2v) is 3.39. The van der Waals surface area contributed by atoms with E-state index >= 15 is 0 Å². The first-order valence-corrected chi connectivity index (χ1v) is 5.02. The summed E-state index contributed by atoms with van der Waals surface area (Å²) < 4.78 is 0. The molecule has 0 rings (SSSR count). The molecule has 0 aliphatic carbocycles. The van der Waals surface area contributed by atoms with Crippen LogP contribution < -0.4 is 0 Å². The van der Waals surface area contributed by atoms with Crippen LogP contribution in [0.5, 0.6) is 0 Å². The van der Waals surface area contributed by atoms with Crippen molar-refractivity contribution in [2.45, 2.75) is 13.8 Å². The molecule has 0 aromatic rings. The highest BCUT2D eigenvalue weighted by Gasteiger charge is 1.88. The first-order chi connectivity index (χ1) is 5.35. The van der Waals surface area contributed by atoms with E-state index in [-0.39, 0.29) is 0 Å². The van der Waals surface area contributed by atoms with Gasteiger partial charge in [0.15, 0.2) is 0 Å². The molecular weight excluding hydrogens is 152 g/mol. The summed E-state index contributed by atoms with van der Waals surface area (Å²) in [6, 6.07) is 0. The second kappa shape index (κ2) is 7.67. The molecule has 0 N–H and O–H groups in total. The average Bonchev–Trinajstić information content (AvgIpc) is 2.01. The molecule has 0 aliphatic heterocycles. The number of hydrogen-bond donors (Lipinski definition) is 0. The maximum atomic E-state index is 3.67. The van der Waals surface area contributed by atoms with Gasteiger partial charge in [-0.2, -0.15) is 11.8 Å². The van der Waals surface area contributed by atoms with Crippen molar-refractivity contribution in [2.24, 2.45) is 0 Å². The van der Waals surface area contributed by atoms with Gasteiger partial charge in [0.1, 0.15) is 0 Å². The topological polar surface area (TPSA) is 0 Å². The van der Waals surface area contributed by atoms with Crippen molar-refractivity contribution in [3.8, 4) is 0 Å². The van der Waals surface area contributed by atoms with Crippen LogP contribution in [0, 0.1) is 0 Å². The molecule has 0 nitrogen and oxygen atoms in total. The van der Waals surface area contributed by atoms with Crippen LogP contribution in [0.2, 0.25) is 0 Å². The fourth-order valence-electron chi connectivity index (χ4n) is 0.737. The summed E-state index contributed by atoms with van der Waals surface area (Å²) in [7, 11) is 0. The summed E-state index contributed by atoms with van der Waals surface area (Å²) in [5.41, 5.74) is 1.34. The van der Waals surface area contributed by atoms with Crippen LogP contribution >= 0.6 is 11.8 Å². The first kappa shape index (κ1) is 10.6. The number of allylic oxidation sites excluding steroid dienone is 4. The van der Waals surface area contributed by atoms with Crippen molar-refractivity contribution in [1.29, 1.82) is 0 Å². The van der Waals surface area contributed by atoms with Gasteiger partial charge in [0.2, 0.25) is 0 Å². The molecule has 0 radical (unpaired) electrons. The van der Waals surface area contributed by atoms with E-state index < -0.39 is 0 Å². The van der Waals surface area contributed by atoms with E-state index in [1.165, 1.54) is 11.3 Å². The van der Waals surface area contributed by atoms with Crippen molar-refractivity contribution in [1.82, 2.24) is 0 Å². The van der Waals surface area contributed by atoms with Gasteiger partial charge in [0, 0.05) is 5.75 Å². The predicted octanol–water partition coefficient (Wildman–Crippen LogP) is 3.43. The van der Waals surface area contributed by atoms with Gasteiger partial charge in [-0.05, 0) is 18.2 Å². The molecule has 0 aliphatic rings. The van der Waals surface area contributed by atoms with Gasteiger partial charge >= 0.3 is 0 Å². The summed E-state index contributed by atoms with van der Waals surface area (Å²) in [5.74, 6) is 2.26. The number of thioether (sulfide) groups is 1. The Hall–Kier alpha value is -0.430. The molecule has 62 valence electrons. The molecule has 0 spiro atoms. The van der Waals surface area contributed by atoms with Gasteiger partial charge in [0.25, 0.3) is 0 Å². The molecule has 0 bridgehead atoms. The van der Waals surface area contributed by atoms with Gasteiger partial charge in [-0.15, -0.1) is 0 Å². The van der Waals surface area contributed by atoms with Gasteiger partial charge < -0.3 is 0 Å². The quantitative estimate of drug-likeness (QED) is 0.567. The molecule has 0 aromatic heterocycles. The minimum absolute atomic E-state index is 1.09. The van der Waals surface area contributed by atoms with E-state index in [9.17, 15) is 0 Å². The van der Waals surface area contributed by atoms with Crippen LogP contribution in [0.3, 0.4) is 0 Å². The van der Waals surface area contributed by atoms with Gasteiger partial charge in [-0.3, -0.25) is 0 Å². The van der Waals surface area contributed by atoms with Gasteiger partial charge in [0.05, 0.1) is 0 Å². The van der Waals surface area contributed by atoms with E-state index in [1.807, 2.05) is 24.8 Å². The lowest BCUT2D eigenvalue weighted by atomic mass is 10.2. The SMILES string of the molecule is C=C/C=C(\C=C/C)CSCC. The predicted molar refractivity (Wildman–Crippen MR) is 56.1 cm³/mol. The molecular formula is C10H16S. The van der Waals surface area contributed by atoms with Crippen LogP contribution in [0.25, 0.3) is 0 Å². The third-order valence-corrected chi connectivity index (χ3v) is 2.13. The van der Waals surface area contributed by atoms with Crippen molar-refractivity contribution < 1.29 is 0 Å². The van der Waals surface area contributed by atoms with Crippen LogP contribution in [0.4, 0.5) is 0 Å². The average molecular weight is 168 g/mol. The highest BCUT2D eigenvalue weighted by atomic mass is 32.2. The Kier molecular flexibility index (Phi) is 7.37. The molecule has 0 unspecified atom stereocenters. The largest absolute Gasteiger partial charge is 0.158 e. The molecule has 0 amide bonds. The molecule has 0 saturated carbocycles. The van der Waals surface area contributed by atoms with E-state index in [0.717, 1.165) is 5.75 Å². The maximum Gasteiger partial charge on any atom is 0.0184 e. The van der Waals surface area contributed by atoms with Crippen LogP contribution in [-0.2, 0) is 0 Å². The molecule has 0 aromatic carbocycles.